The molecule has 0 aromatic heterocycles. The maximum atomic E-state index is 11.6. The number of hydrogen-bond donors (Lipinski definition) is 2. The number of aromatic carboxylic acids is 1. The van der Waals surface area contributed by atoms with E-state index in [9.17, 15) is 13.2 Å². The van der Waals surface area contributed by atoms with Crippen LogP contribution in [-0.2, 0) is 10.2 Å². The predicted octanol–water partition coefficient (Wildman–Crippen LogP) is 0.912. The first kappa shape index (κ1) is 13.5. The summed E-state index contributed by atoms with van der Waals surface area (Å²) in [6.45, 7) is 1.73. The zero-order valence-corrected chi connectivity index (χ0v) is 10.6. The number of carbonyl (C=O) groups is 1. The number of anilines is 1. The molecule has 0 fully saturated rings. The summed E-state index contributed by atoms with van der Waals surface area (Å²) in [6.07, 6.45) is 0. The van der Waals surface area contributed by atoms with Gasteiger partial charge in [-0.25, -0.2) is 4.79 Å². The molecule has 0 saturated carbocycles. The third kappa shape index (κ3) is 3.18. The van der Waals surface area contributed by atoms with Crippen molar-refractivity contribution >= 4 is 21.9 Å². The van der Waals surface area contributed by atoms with Crippen molar-refractivity contribution in [2.24, 2.45) is 0 Å². The molecular formula is C10H14N2O4S. The minimum Gasteiger partial charge on any atom is -0.478 e. The molecule has 0 heterocycles. The average Bonchev–Trinajstić information content (AvgIpc) is 2.19. The van der Waals surface area contributed by atoms with Crippen molar-refractivity contribution in [2.45, 2.75) is 6.92 Å². The number of rotatable bonds is 4. The summed E-state index contributed by atoms with van der Waals surface area (Å²) in [5, 5.41) is 8.98. The van der Waals surface area contributed by atoms with Crippen molar-refractivity contribution < 1.29 is 18.3 Å². The Bertz CT molecular complexity index is 537. The normalized spacial score (nSPS) is 11.5. The van der Waals surface area contributed by atoms with Gasteiger partial charge in [0.05, 0.1) is 11.3 Å². The van der Waals surface area contributed by atoms with Gasteiger partial charge in [-0.1, -0.05) is 11.6 Å². The van der Waals surface area contributed by atoms with Crippen LogP contribution in [0.4, 0.5) is 5.69 Å². The summed E-state index contributed by atoms with van der Waals surface area (Å²) >= 11 is 0. The third-order valence-electron chi connectivity index (χ3n) is 2.13. The predicted molar refractivity (Wildman–Crippen MR) is 64.4 cm³/mol. The lowest BCUT2D eigenvalue weighted by Gasteiger charge is -2.15. The zero-order chi connectivity index (χ0) is 13.2. The fourth-order valence-corrected chi connectivity index (χ4v) is 1.79. The van der Waals surface area contributed by atoms with Gasteiger partial charge >= 0.3 is 16.2 Å². The van der Waals surface area contributed by atoms with Crippen LogP contribution in [0.15, 0.2) is 18.2 Å². The Morgan fingerprint density at radius 2 is 1.94 bits per heavy atom. The molecule has 0 aliphatic heterocycles. The minimum absolute atomic E-state index is 0.0526. The van der Waals surface area contributed by atoms with Gasteiger partial charge < -0.3 is 5.11 Å². The highest BCUT2D eigenvalue weighted by molar-refractivity contribution is 7.90. The number of aryl methyl sites for hydroxylation is 1. The van der Waals surface area contributed by atoms with E-state index in [0.717, 1.165) is 9.87 Å². The number of carboxylic acids is 1. The molecule has 0 aliphatic carbocycles. The highest BCUT2D eigenvalue weighted by atomic mass is 32.2. The lowest BCUT2D eigenvalue weighted by atomic mass is 10.1. The van der Waals surface area contributed by atoms with Gasteiger partial charge in [0.15, 0.2) is 0 Å². The SMILES string of the molecule is Cc1ccc(NS(=O)(=O)N(C)C)c(C(=O)O)c1. The molecule has 0 spiro atoms. The van der Waals surface area contributed by atoms with E-state index in [1.807, 2.05) is 0 Å². The Balaban J connectivity index is 3.20. The Kier molecular flexibility index (Phi) is 3.74. The molecule has 1 aromatic carbocycles. The molecule has 0 saturated heterocycles. The number of benzene rings is 1. The van der Waals surface area contributed by atoms with Gasteiger partial charge in [0.1, 0.15) is 0 Å². The lowest BCUT2D eigenvalue weighted by molar-refractivity contribution is 0.0698. The lowest BCUT2D eigenvalue weighted by Crippen LogP contribution is -2.29. The van der Waals surface area contributed by atoms with Gasteiger partial charge in [0, 0.05) is 14.1 Å². The molecule has 1 rings (SSSR count). The first-order valence-corrected chi connectivity index (χ1v) is 6.22. The summed E-state index contributed by atoms with van der Waals surface area (Å²) in [5.74, 6) is -1.18. The van der Waals surface area contributed by atoms with Crippen molar-refractivity contribution in [3.05, 3.63) is 29.3 Å². The van der Waals surface area contributed by atoms with Crippen molar-refractivity contribution in [3.8, 4) is 0 Å². The van der Waals surface area contributed by atoms with Crippen LogP contribution in [0.3, 0.4) is 0 Å². The molecule has 2 N–H and O–H groups in total. The van der Waals surface area contributed by atoms with Gasteiger partial charge in [-0.15, -0.1) is 0 Å². The second-order valence-corrected chi connectivity index (χ2v) is 5.63. The van der Waals surface area contributed by atoms with E-state index in [-0.39, 0.29) is 11.3 Å². The Labute approximate surface area is 100 Å². The second kappa shape index (κ2) is 4.72. The molecule has 6 nitrogen and oxygen atoms in total. The van der Waals surface area contributed by atoms with Crippen LogP contribution in [0, 0.1) is 6.92 Å². The zero-order valence-electron chi connectivity index (χ0n) is 9.76. The number of nitrogens with one attached hydrogen (secondary N) is 1. The van der Waals surface area contributed by atoms with E-state index in [1.54, 1.807) is 13.0 Å². The molecule has 0 atom stereocenters. The average molecular weight is 258 g/mol. The first-order valence-electron chi connectivity index (χ1n) is 4.78. The summed E-state index contributed by atoms with van der Waals surface area (Å²) in [6, 6.07) is 4.48. The van der Waals surface area contributed by atoms with Gasteiger partial charge in [-0.05, 0) is 19.1 Å². The Morgan fingerprint density at radius 1 is 1.35 bits per heavy atom. The summed E-state index contributed by atoms with van der Waals surface area (Å²) in [4.78, 5) is 11.0. The quantitative estimate of drug-likeness (QED) is 0.840. The van der Waals surface area contributed by atoms with Gasteiger partial charge in [-0.2, -0.15) is 12.7 Å². The maximum Gasteiger partial charge on any atom is 0.337 e. The highest BCUT2D eigenvalue weighted by Gasteiger charge is 2.17. The second-order valence-electron chi connectivity index (χ2n) is 3.74. The number of hydrogen-bond acceptors (Lipinski definition) is 3. The molecule has 0 aliphatic rings. The molecular weight excluding hydrogens is 244 g/mol. The topological polar surface area (TPSA) is 86.7 Å². The van der Waals surface area contributed by atoms with Crippen LogP contribution in [0.2, 0.25) is 0 Å². The summed E-state index contributed by atoms with van der Waals surface area (Å²) in [5.41, 5.74) is 0.724. The molecule has 94 valence electrons. The minimum atomic E-state index is -3.70. The monoisotopic (exact) mass is 258 g/mol. The molecule has 17 heavy (non-hydrogen) atoms. The van der Waals surface area contributed by atoms with Crippen molar-refractivity contribution in [1.29, 1.82) is 0 Å². The number of carboxylic acid groups (broad SMARTS) is 1. The van der Waals surface area contributed by atoms with Gasteiger partial charge in [0.2, 0.25) is 0 Å². The van der Waals surface area contributed by atoms with Crippen LogP contribution < -0.4 is 4.72 Å². The standard InChI is InChI=1S/C10H14N2O4S/c1-7-4-5-9(8(6-7)10(13)14)11-17(15,16)12(2)3/h4-6,11H,1-3H3,(H,13,14). The molecule has 1 aromatic rings. The van der Waals surface area contributed by atoms with Crippen molar-refractivity contribution in [1.82, 2.24) is 4.31 Å². The van der Waals surface area contributed by atoms with Gasteiger partial charge in [0.25, 0.3) is 0 Å². The van der Waals surface area contributed by atoms with Crippen LogP contribution in [0.5, 0.6) is 0 Å². The Morgan fingerprint density at radius 3 is 2.41 bits per heavy atom. The Hall–Kier alpha value is -1.60. The van der Waals surface area contributed by atoms with Crippen LogP contribution in [-0.4, -0.2) is 37.9 Å². The van der Waals surface area contributed by atoms with Crippen LogP contribution >= 0.6 is 0 Å². The molecule has 0 unspecified atom stereocenters. The van der Waals surface area contributed by atoms with E-state index in [0.29, 0.717) is 0 Å². The highest BCUT2D eigenvalue weighted by Crippen LogP contribution is 2.19. The van der Waals surface area contributed by atoms with Crippen molar-refractivity contribution in [2.75, 3.05) is 18.8 Å². The van der Waals surface area contributed by atoms with Crippen LogP contribution in [0.25, 0.3) is 0 Å². The number of nitrogens with zero attached hydrogens (tertiary/aromatic N) is 1. The maximum absolute atomic E-state index is 11.6. The molecule has 0 bridgehead atoms. The fraction of sp³-hybridized carbons (Fsp3) is 0.300. The first-order chi connectivity index (χ1) is 7.74. The summed E-state index contributed by atoms with van der Waals surface area (Å²) in [7, 11) is -0.984. The van der Waals surface area contributed by atoms with Crippen molar-refractivity contribution in [3.63, 3.8) is 0 Å². The smallest absolute Gasteiger partial charge is 0.337 e. The molecule has 7 heteroatoms. The molecule has 0 radical (unpaired) electrons. The molecule has 0 amide bonds. The third-order valence-corrected chi connectivity index (χ3v) is 3.56. The van der Waals surface area contributed by atoms with Gasteiger partial charge in [-0.3, -0.25) is 4.72 Å². The van der Waals surface area contributed by atoms with E-state index in [2.05, 4.69) is 4.72 Å². The van der Waals surface area contributed by atoms with E-state index >= 15 is 0 Å². The van der Waals surface area contributed by atoms with E-state index < -0.39 is 16.2 Å². The fourth-order valence-electron chi connectivity index (χ4n) is 1.15. The van der Waals surface area contributed by atoms with Crippen LogP contribution in [0.1, 0.15) is 15.9 Å². The van der Waals surface area contributed by atoms with E-state index in [4.69, 9.17) is 5.11 Å². The largest absolute Gasteiger partial charge is 0.478 e. The van der Waals surface area contributed by atoms with E-state index in [1.165, 1.54) is 26.2 Å². The summed E-state index contributed by atoms with van der Waals surface area (Å²) < 4.78 is 26.3.